The van der Waals surface area contributed by atoms with Crippen LogP contribution in [0, 0.1) is 5.92 Å². The number of nitrogens with one attached hydrogen (secondary N) is 2. The lowest BCUT2D eigenvalue weighted by Crippen LogP contribution is -2.59. The SMILES string of the molecule is CC1CN(C(C)(C)CNC(=O)[C@H]2CCN[C@@H](C)C2)CC(C)O1. The van der Waals surface area contributed by atoms with Gasteiger partial charge in [-0.2, -0.15) is 0 Å². The summed E-state index contributed by atoms with van der Waals surface area (Å²) < 4.78 is 5.81. The summed E-state index contributed by atoms with van der Waals surface area (Å²) in [6, 6.07) is 0.443. The Hall–Kier alpha value is -0.650. The quantitative estimate of drug-likeness (QED) is 0.823. The van der Waals surface area contributed by atoms with Crippen molar-refractivity contribution in [2.24, 2.45) is 5.92 Å². The standard InChI is InChI=1S/C17H33N3O2/c1-12-8-15(6-7-18-12)16(21)19-11-17(4,5)20-9-13(2)22-14(3)10-20/h12-15,18H,6-11H2,1-5H3,(H,19,21)/t12-,13?,14?,15-/m0/s1. The fraction of sp³-hybridized carbons (Fsp3) is 0.941. The lowest BCUT2D eigenvalue weighted by atomic mass is 9.92. The van der Waals surface area contributed by atoms with Crippen LogP contribution in [0.15, 0.2) is 0 Å². The molecular weight excluding hydrogens is 278 g/mol. The first-order valence-electron chi connectivity index (χ1n) is 8.69. The maximum Gasteiger partial charge on any atom is 0.223 e. The van der Waals surface area contributed by atoms with E-state index in [1.807, 2.05) is 0 Å². The van der Waals surface area contributed by atoms with E-state index < -0.39 is 0 Å². The Bertz CT molecular complexity index is 376. The van der Waals surface area contributed by atoms with Gasteiger partial charge in [0.2, 0.25) is 5.91 Å². The number of morpholine rings is 1. The largest absolute Gasteiger partial charge is 0.373 e. The van der Waals surface area contributed by atoms with Gasteiger partial charge in [-0.25, -0.2) is 0 Å². The Kier molecular flexibility index (Phi) is 5.86. The Morgan fingerprint density at radius 1 is 1.27 bits per heavy atom. The predicted molar refractivity (Wildman–Crippen MR) is 88.9 cm³/mol. The van der Waals surface area contributed by atoms with Crippen LogP contribution in [0.5, 0.6) is 0 Å². The van der Waals surface area contributed by atoms with E-state index in [9.17, 15) is 4.79 Å². The van der Waals surface area contributed by atoms with Gasteiger partial charge in [0.1, 0.15) is 0 Å². The molecule has 2 fully saturated rings. The van der Waals surface area contributed by atoms with Crippen LogP contribution >= 0.6 is 0 Å². The van der Waals surface area contributed by atoms with E-state index >= 15 is 0 Å². The molecule has 0 aromatic heterocycles. The third kappa shape index (κ3) is 4.67. The maximum absolute atomic E-state index is 12.4. The summed E-state index contributed by atoms with van der Waals surface area (Å²) >= 11 is 0. The molecule has 0 bridgehead atoms. The second-order valence-electron chi connectivity index (χ2n) is 7.77. The van der Waals surface area contributed by atoms with Gasteiger partial charge in [-0.05, 0) is 54.0 Å². The Labute approximate surface area is 135 Å². The monoisotopic (exact) mass is 311 g/mol. The van der Waals surface area contributed by atoms with Crippen LogP contribution in [0.1, 0.15) is 47.5 Å². The molecule has 0 aliphatic carbocycles. The first kappa shape index (κ1) is 17.7. The first-order chi connectivity index (χ1) is 10.3. The number of hydrogen-bond acceptors (Lipinski definition) is 4. The van der Waals surface area contributed by atoms with Crippen molar-refractivity contribution in [1.29, 1.82) is 0 Å². The number of piperidine rings is 1. The fourth-order valence-electron chi connectivity index (χ4n) is 3.60. The number of hydrogen-bond donors (Lipinski definition) is 2. The van der Waals surface area contributed by atoms with Crippen molar-refractivity contribution in [3.63, 3.8) is 0 Å². The highest BCUT2D eigenvalue weighted by atomic mass is 16.5. The lowest BCUT2D eigenvalue weighted by molar-refractivity contribution is -0.127. The molecule has 5 nitrogen and oxygen atoms in total. The number of nitrogens with zero attached hydrogens (tertiary/aromatic N) is 1. The Morgan fingerprint density at radius 2 is 1.91 bits per heavy atom. The summed E-state index contributed by atoms with van der Waals surface area (Å²) in [5.41, 5.74) is -0.0412. The van der Waals surface area contributed by atoms with E-state index in [-0.39, 0.29) is 29.6 Å². The van der Waals surface area contributed by atoms with Gasteiger partial charge >= 0.3 is 0 Å². The molecule has 128 valence electrons. The summed E-state index contributed by atoms with van der Waals surface area (Å²) in [5.74, 6) is 0.380. The van der Waals surface area contributed by atoms with E-state index in [2.05, 4.69) is 50.2 Å². The molecule has 2 unspecified atom stereocenters. The van der Waals surface area contributed by atoms with Crippen LogP contribution in [0.25, 0.3) is 0 Å². The average molecular weight is 311 g/mol. The molecule has 2 N–H and O–H groups in total. The number of amides is 1. The van der Waals surface area contributed by atoms with E-state index in [0.29, 0.717) is 12.6 Å². The van der Waals surface area contributed by atoms with Crippen LogP contribution < -0.4 is 10.6 Å². The van der Waals surface area contributed by atoms with Gasteiger partial charge in [-0.3, -0.25) is 9.69 Å². The molecule has 1 amide bonds. The summed E-state index contributed by atoms with van der Waals surface area (Å²) in [4.78, 5) is 14.9. The molecule has 2 rings (SSSR count). The zero-order valence-electron chi connectivity index (χ0n) is 14.8. The molecule has 2 aliphatic heterocycles. The lowest BCUT2D eigenvalue weighted by Gasteiger charge is -2.45. The molecule has 2 aliphatic rings. The highest BCUT2D eigenvalue weighted by Gasteiger charge is 2.34. The molecule has 0 aromatic carbocycles. The molecule has 0 aromatic rings. The van der Waals surface area contributed by atoms with Gasteiger partial charge in [-0.15, -0.1) is 0 Å². The highest BCUT2D eigenvalue weighted by Crippen LogP contribution is 2.21. The first-order valence-corrected chi connectivity index (χ1v) is 8.69. The molecule has 0 spiro atoms. The van der Waals surface area contributed by atoms with Crippen molar-refractivity contribution in [3.05, 3.63) is 0 Å². The van der Waals surface area contributed by atoms with Gasteiger partial charge in [0.15, 0.2) is 0 Å². The topological polar surface area (TPSA) is 53.6 Å². The van der Waals surface area contributed by atoms with Crippen molar-refractivity contribution in [1.82, 2.24) is 15.5 Å². The Balaban J connectivity index is 1.84. The van der Waals surface area contributed by atoms with Crippen molar-refractivity contribution < 1.29 is 9.53 Å². The third-order valence-electron chi connectivity index (χ3n) is 4.97. The van der Waals surface area contributed by atoms with Crippen LogP contribution in [-0.4, -0.2) is 60.8 Å². The molecule has 22 heavy (non-hydrogen) atoms. The minimum Gasteiger partial charge on any atom is -0.373 e. The van der Waals surface area contributed by atoms with Crippen LogP contribution in [-0.2, 0) is 9.53 Å². The van der Waals surface area contributed by atoms with Crippen molar-refractivity contribution in [2.75, 3.05) is 26.2 Å². The van der Waals surface area contributed by atoms with Crippen LogP contribution in [0.4, 0.5) is 0 Å². The molecule has 2 heterocycles. The fourth-order valence-corrected chi connectivity index (χ4v) is 3.60. The second-order valence-corrected chi connectivity index (χ2v) is 7.77. The van der Waals surface area contributed by atoms with Crippen molar-refractivity contribution in [2.45, 2.75) is 71.2 Å². The summed E-state index contributed by atoms with van der Waals surface area (Å²) in [6.45, 7) is 14.3. The van der Waals surface area contributed by atoms with E-state index in [1.165, 1.54) is 0 Å². The molecule has 4 atom stereocenters. The highest BCUT2D eigenvalue weighted by molar-refractivity contribution is 5.78. The van der Waals surface area contributed by atoms with Crippen molar-refractivity contribution in [3.8, 4) is 0 Å². The smallest absolute Gasteiger partial charge is 0.223 e. The van der Waals surface area contributed by atoms with Crippen LogP contribution in [0.2, 0.25) is 0 Å². The van der Waals surface area contributed by atoms with E-state index in [0.717, 1.165) is 32.5 Å². The number of rotatable bonds is 4. The molecule has 2 saturated heterocycles. The van der Waals surface area contributed by atoms with Gasteiger partial charge in [0.05, 0.1) is 12.2 Å². The summed E-state index contributed by atoms with van der Waals surface area (Å²) in [5, 5.41) is 6.59. The van der Waals surface area contributed by atoms with E-state index in [4.69, 9.17) is 4.74 Å². The molecule has 5 heteroatoms. The Morgan fingerprint density at radius 3 is 2.50 bits per heavy atom. The van der Waals surface area contributed by atoms with Gasteiger partial charge < -0.3 is 15.4 Å². The van der Waals surface area contributed by atoms with Crippen LogP contribution in [0.3, 0.4) is 0 Å². The molecule has 0 radical (unpaired) electrons. The normalized spacial score (nSPS) is 34.4. The number of carbonyl (C=O) groups is 1. The van der Waals surface area contributed by atoms with Crippen molar-refractivity contribution >= 4 is 5.91 Å². The second kappa shape index (κ2) is 7.28. The van der Waals surface area contributed by atoms with E-state index in [1.54, 1.807) is 0 Å². The zero-order chi connectivity index (χ0) is 16.3. The summed E-state index contributed by atoms with van der Waals surface area (Å²) in [6.07, 6.45) is 2.40. The third-order valence-corrected chi connectivity index (χ3v) is 4.97. The van der Waals surface area contributed by atoms with Gasteiger partial charge in [0, 0.05) is 37.1 Å². The average Bonchev–Trinajstić information content (AvgIpc) is 2.44. The molecular formula is C17H33N3O2. The number of carbonyl (C=O) groups excluding carboxylic acids is 1. The minimum atomic E-state index is -0.0412. The van der Waals surface area contributed by atoms with Gasteiger partial charge in [0.25, 0.3) is 0 Å². The zero-order valence-corrected chi connectivity index (χ0v) is 14.8. The molecule has 0 saturated carbocycles. The summed E-state index contributed by atoms with van der Waals surface area (Å²) in [7, 11) is 0. The maximum atomic E-state index is 12.4. The number of ether oxygens (including phenoxy) is 1. The predicted octanol–water partition coefficient (Wildman–Crippen LogP) is 1.38. The van der Waals surface area contributed by atoms with Gasteiger partial charge in [-0.1, -0.05) is 0 Å². The minimum absolute atomic E-state index is 0.0412.